The average Bonchev–Trinajstić information content (AvgIpc) is 2.49. The van der Waals surface area contributed by atoms with Gasteiger partial charge in [0.05, 0.1) is 16.7 Å². The van der Waals surface area contributed by atoms with E-state index >= 15 is 0 Å². The molecule has 0 fully saturated rings. The normalized spacial score (nSPS) is 13.4. The molecule has 0 bridgehead atoms. The van der Waals surface area contributed by atoms with Gasteiger partial charge in [0.15, 0.2) is 0 Å². The molecule has 0 spiro atoms. The van der Waals surface area contributed by atoms with Crippen LogP contribution in [0.3, 0.4) is 0 Å². The standard InChI is InChI=1S/C13H14F3N3O6S2/c1-26(21,22)8-11(12(20)18-7-6-17)19-27(23,24)10-4-2-9(3-5-10)25-13(14,15)16/h2-5,11,19H,7-8H2,1H3,(H,18,20). The fourth-order valence-electron chi connectivity index (χ4n) is 1.79. The van der Waals surface area contributed by atoms with Crippen LogP contribution in [0.4, 0.5) is 13.2 Å². The minimum absolute atomic E-state index is 0.482. The van der Waals surface area contributed by atoms with Gasteiger partial charge in [0.2, 0.25) is 15.9 Å². The third-order valence-electron chi connectivity index (χ3n) is 2.79. The maximum atomic E-state index is 12.3. The Labute approximate surface area is 153 Å². The first-order chi connectivity index (χ1) is 12.2. The number of nitrogens with zero attached hydrogens (tertiary/aromatic N) is 1. The van der Waals surface area contributed by atoms with Crippen LogP contribution >= 0.6 is 0 Å². The zero-order valence-corrected chi connectivity index (χ0v) is 15.3. The van der Waals surface area contributed by atoms with Crippen molar-refractivity contribution in [3.05, 3.63) is 24.3 Å². The molecule has 1 amide bonds. The van der Waals surface area contributed by atoms with Crippen molar-refractivity contribution in [2.45, 2.75) is 17.3 Å². The summed E-state index contributed by atoms with van der Waals surface area (Å²) in [6, 6.07) is 2.88. The van der Waals surface area contributed by atoms with E-state index in [1.54, 1.807) is 6.07 Å². The molecule has 1 unspecified atom stereocenters. The molecule has 27 heavy (non-hydrogen) atoms. The van der Waals surface area contributed by atoms with Gasteiger partial charge in [-0.05, 0) is 24.3 Å². The van der Waals surface area contributed by atoms with Gasteiger partial charge in [0, 0.05) is 6.26 Å². The Morgan fingerprint density at radius 3 is 2.22 bits per heavy atom. The van der Waals surface area contributed by atoms with E-state index in [0.29, 0.717) is 0 Å². The first-order valence-electron chi connectivity index (χ1n) is 6.94. The second-order valence-corrected chi connectivity index (χ2v) is 9.06. The first kappa shape index (κ1) is 22.7. The lowest BCUT2D eigenvalue weighted by atomic mass is 10.3. The highest BCUT2D eigenvalue weighted by molar-refractivity contribution is 7.91. The predicted octanol–water partition coefficient (Wildman–Crippen LogP) is -0.0835. The van der Waals surface area contributed by atoms with Crippen LogP contribution in [0.15, 0.2) is 29.2 Å². The van der Waals surface area contributed by atoms with Crippen LogP contribution in [-0.4, -0.2) is 53.7 Å². The zero-order valence-electron chi connectivity index (χ0n) is 13.6. The SMILES string of the molecule is CS(=O)(=O)CC(NS(=O)(=O)c1ccc(OC(F)(F)F)cc1)C(=O)NCC#N. The van der Waals surface area contributed by atoms with E-state index in [9.17, 15) is 34.8 Å². The van der Waals surface area contributed by atoms with Gasteiger partial charge in [-0.2, -0.15) is 9.98 Å². The molecule has 0 saturated heterocycles. The lowest BCUT2D eigenvalue weighted by molar-refractivity contribution is -0.274. The number of halogens is 3. The topological polar surface area (TPSA) is 142 Å². The monoisotopic (exact) mass is 429 g/mol. The van der Waals surface area contributed by atoms with Crippen molar-refractivity contribution in [3.8, 4) is 11.8 Å². The van der Waals surface area contributed by atoms with Crippen LogP contribution in [-0.2, 0) is 24.7 Å². The van der Waals surface area contributed by atoms with Gasteiger partial charge in [-0.1, -0.05) is 0 Å². The van der Waals surface area contributed by atoms with E-state index in [0.717, 1.165) is 30.5 Å². The summed E-state index contributed by atoms with van der Waals surface area (Å²) in [7, 11) is -8.25. The molecule has 1 aromatic carbocycles. The second-order valence-electron chi connectivity index (χ2n) is 5.16. The van der Waals surface area contributed by atoms with Crippen LogP contribution < -0.4 is 14.8 Å². The van der Waals surface area contributed by atoms with E-state index in [1.165, 1.54) is 0 Å². The molecule has 9 nitrogen and oxygen atoms in total. The van der Waals surface area contributed by atoms with Gasteiger partial charge in [0.1, 0.15) is 28.2 Å². The second kappa shape index (κ2) is 8.55. The van der Waals surface area contributed by atoms with Crippen molar-refractivity contribution < 1.29 is 39.5 Å². The molecule has 1 rings (SSSR count). The Morgan fingerprint density at radius 1 is 1.22 bits per heavy atom. The molecule has 0 aromatic heterocycles. The average molecular weight is 429 g/mol. The molecule has 14 heteroatoms. The minimum Gasteiger partial charge on any atom is -0.406 e. The molecule has 0 aliphatic carbocycles. The van der Waals surface area contributed by atoms with Gasteiger partial charge in [-0.25, -0.2) is 16.8 Å². The van der Waals surface area contributed by atoms with Gasteiger partial charge < -0.3 is 10.1 Å². The van der Waals surface area contributed by atoms with Crippen LogP contribution in [0.1, 0.15) is 0 Å². The summed E-state index contributed by atoms with van der Waals surface area (Å²) >= 11 is 0. The molecule has 150 valence electrons. The third kappa shape index (κ3) is 8.24. The predicted molar refractivity (Wildman–Crippen MR) is 85.6 cm³/mol. The molecule has 1 aromatic rings. The minimum atomic E-state index is -4.96. The maximum absolute atomic E-state index is 12.3. The Kier molecular flexibility index (Phi) is 7.18. The van der Waals surface area contributed by atoms with E-state index in [-0.39, 0.29) is 0 Å². The molecular weight excluding hydrogens is 415 g/mol. The highest BCUT2D eigenvalue weighted by Gasteiger charge is 2.32. The Morgan fingerprint density at radius 2 is 1.78 bits per heavy atom. The van der Waals surface area contributed by atoms with E-state index in [1.807, 2.05) is 10.0 Å². The number of hydrogen-bond acceptors (Lipinski definition) is 7. The van der Waals surface area contributed by atoms with Crippen molar-refractivity contribution in [2.75, 3.05) is 18.6 Å². The number of amides is 1. The zero-order chi connectivity index (χ0) is 20.9. The quantitative estimate of drug-likeness (QED) is 0.550. The number of alkyl halides is 3. The fourth-order valence-corrected chi connectivity index (χ4v) is 3.93. The highest BCUT2D eigenvalue weighted by atomic mass is 32.2. The number of benzene rings is 1. The van der Waals surface area contributed by atoms with Gasteiger partial charge in [-0.3, -0.25) is 4.79 Å². The molecule has 2 N–H and O–H groups in total. The smallest absolute Gasteiger partial charge is 0.406 e. The molecule has 0 heterocycles. The number of nitrogens with one attached hydrogen (secondary N) is 2. The number of carbonyl (C=O) groups excluding carboxylic acids is 1. The first-order valence-corrected chi connectivity index (χ1v) is 10.5. The van der Waals surface area contributed by atoms with Gasteiger partial charge >= 0.3 is 6.36 Å². The summed E-state index contributed by atoms with van der Waals surface area (Å²) < 4.78 is 89.2. The summed E-state index contributed by atoms with van der Waals surface area (Å²) in [6.45, 7) is -0.482. The lowest BCUT2D eigenvalue weighted by Gasteiger charge is -2.17. The molecule has 1 atom stereocenters. The molecule has 0 saturated carbocycles. The summed E-state index contributed by atoms with van der Waals surface area (Å²) in [5.41, 5.74) is 0. The number of rotatable bonds is 8. The van der Waals surface area contributed by atoms with E-state index < -0.39 is 61.1 Å². The van der Waals surface area contributed by atoms with Gasteiger partial charge in [0.25, 0.3) is 0 Å². The largest absolute Gasteiger partial charge is 0.573 e. The number of sulfone groups is 1. The maximum Gasteiger partial charge on any atom is 0.573 e. The Hall–Kier alpha value is -2.37. The highest BCUT2D eigenvalue weighted by Crippen LogP contribution is 2.23. The summed E-state index contributed by atoms with van der Waals surface area (Å²) in [5, 5.41) is 10.5. The van der Waals surface area contributed by atoms with Gasteiger partial charge in [-0.15, -0.1) is 13.2 Å². The summed E-state index contributed by atoms with van der Waals surface area (Å²) in [4.78, 5) is 11.4. The van der Waals surface area contributed by atoms with Crippen LogP contribution in [0.2, 0.25) is 0 Å². The van der Waals surface area contributed by atoms with Crippen LogP contribution in [0, 0.1) is 11.3 Å². The number of hydrogen-bond donors (Lipinski definition) is 2. The van der Waals surface area contributed by atoms with Crippen molar-refractivity contribution in [2.24, 2.45) is 0 Å². The van der Waals surface area contributed by atoms with Crippen LogP contribution in [0.5, 0.6) is 5.75 Å². The molecular formula is C13H14F3N3O6S2. The number of sulfonamides is 1. The molecule has 0 aliphatic rings. The van der Waals surface area contributed by atoms with Crippen molar-refractivity contribution in [1.29, 1.82) is 5.26 Å². The van der Waals surface area contributed by atoms with E-state index in [2.05, 4.69) is 4.74 Å². The van der Waals surface area contributed by atoms with Crippen molar-refractivity contribution >= 4 is 25.8 Å². The summed E-state index contributed by atoms with van der Waals surface area (Å²) in [5.74, 6) is -2.61. The van der Waals surface area contributed by atoms with Crippen molar-refractivity contribution in [3.63, 3.8) is 0 Å². The van der Waals surface area contributed by atoms with Crippen LogP contribution in [0.25, 0.3) is 0 Å². The number of ether oxygens (including phenoxy) is 1. The third-order valence-corrected chi connectivity index (χ3v) is 5.22. The fraction of sp³-hybridized carbons (Fsp3) is 0.385. The van der Waals surface area contributed by atoms with E-state index in [4.69, 9.17) is 5.26 Å². The lowest BCUT2D eigenvalue weighted by Crippen LogP contribution is -2.50. The number of nitriles is 1. The molecule has 0 aliphatic heterocycles. The number of carbonyl (C=O) groups is 1. The summed E-state index contributed by atoms with van der Waals surface area (Å²) in [6.07, 6.45) is -4.19. The Bertz CT molecular complexity index is 922. The Balaban J connectivity index is 3.05. The van der Waals surface area contributed by atoms with Crippen molar-refractivity contribution in [1.82, 2.24) is 10.0 Å². The molecule has 0 radical (unpaired) electrons.